The average Bonchev–Trinajstić information content (AvgIpc) is 2.29. The van der Waals surface area contributed by atoms with Crippen LogP contribution in [0.25, 0.3) is 10.8 Å². The quantitative estimate of drug-likeness (QED) is 0.736. The lowest BCUT2D eigenvalue weighted by atomic mass is 9.96. The fourth-order valence-electron chi connectivity index (χ4n) is 1.96. The van der Waals surface area contributed by atoms with Gasteiger partial charge in [-0.3, -0.25) is 0 Å². The molecule has 2 rings (SSSR count). The lowest BCUT2D eigenvalue weighted by Gasteiger charge is -2.15. The predicted molar refractivity (Wildman–Crippen MR) is 64.2 cm³/mol. The molecule has 0 heterocycles. The van der Waals surface area contributed by atoms with Gasteiger partial charge in [-0.05, 0) is 23.3 Å². The molecule has 0 fully saturated rings. The first-order valence-corrected chi connectivity index (χ1v) is 5.31. The molecule has 1 atom stereocenters. The van der Waals surface area contributed by atoms with Crippen molar-refractivity contribution in [1.29, 1.82) is 0 Å². The van der Waals surface area contributed by atoms with Gasteiger partial charge in [-0.1, -0.05) is 30.3 Å². The van der Waals surface area contributed by atoms with Crippen molar-refractivity contribution < 1.29 is 10.2 Å². The number of aliphatic hydroxyl groups excluding tert-OH is 1. The van der Waals surface area contributed by atoms with Gasteiger partial charge in [0.25, 0.3) is 0 Å². The maximum atomic E-state index is 9.84. The summed E-state index contributed by atoms with van der Waals surface area (Å²) < 4.78 is 0. The molecular weight excluding hydrogens is 202 g/mol. The monoisotopic (exact) mass is 217 g/mol. The van der Waals surface area contributed by atoms with E-state index in [2.05, 4.69) is 0 Å². The molecule has 0 aliphatic heterocycles. The first-order chi connectivity index (χ1) is 7.74. The minimum Gasteiger partial charge on any atom is -0.508 e. The van der Waals surface area contributed by atoms with Gasteiger partial charge >= 0.3 is 0 Å². The lowest BCUT2D eigenvalue weighted by Crippen LogP contribution is -2.12. The topological polar surface area (TPSA) is 66.5 Å². The lowest BCUT2D eigenvalue weighted by molar-refractivity contribution is 0.276. The zero-order valence-electron chi connectivity index (χ0n) is 8.93. The second-order valence-corrected chi connectivity index (χ2v) is 3.84. The fraction of sp³-hybridized carbons (Fsp3) is 0.231. The Hall–Kier alpha value is -1.58. The van der Waals surface area contributed by atoms with Crippen LogP contribution in [0.2, 0.25) is 0 Å². The number of hydrogen-bond donors (Lipinski definition) is 3. The number of nitrogens with two attached hydrogens (primary N) is 1. The first kappa shape index (κ1) is 10.9. The zero-order chi connectivity index (χ0) is 11.5. The zero-order valence-corrected chi connectivity index (χ0v) is 8.93. The third kappa shape index (κ3) is 1.87. The molecule has 2 aromatic rings. The van der Waals surface area contributed by atoms with E-state index in [1.807, 2.05) is 30.3 Å². The Morgan fingerprint density at radius 1 is 1.12 bits per heavy atom. The van der Waals surface area contributed by atoms with Gasteiger partial charge in [0.1, 0.15) is 5.75 Å². The van der Waals surface area contributed by atoms with Crippen LogP contribution in [-0.4, -0.2) is 16.8 Å². The molecule has 3 heteroatoms. The third-order valence-corrected chi connectivity index (χ3v) is 2.76. The SMILES string of the molecule is N[C@H](CCO)c1c(O)ccc2ccccc12. The molecule has 3 nitrogen and oxygen atoms in total. The molecule has 0 aliphatic carbocycles. The fourth-order valence-corrected chi connectivity index (χ4v) is 1.96. The molecule has 2 aromatic carbocycles. The summed E-state index contributed by atoms with van der Waals surface area (Å²) in [6.45, 7) is 0.0177. The second-order valence-electron chi connectivity index (χ2n) is 3.84. The van der Waals surface area contributed by atoms with Gasteiger partial charge in [-0.15, -0.1) is 0 Å². The van der Waals surface area contributed by atoms with Crippen LogP contribution in [0.5, 0.6) is 5.75 Å². The molecule has 0 bridgehead atoms. The second kappa shape index (κ2) is 4.51. The molecule has 4 N–H and O–H groups in total. The number of benzene rings is 2. The van der Waals surface area contributed by atoms with Crippen molar-refractivity contribution >= 4 is 10.8 Å². The summed E-state index contributed by atoms with van der Waals surface area (Å²) in [5, 5.41) is 20.7. The number of hydrogen-bond acceptors (Lipinski definition) is 3. The largest absolute Gasteiger partial charge is 0.508 e. The number of phenolic OH excluding ortho intramolecular Hbond substituents is 1. The molecule has 0 unspecified atom stereocenters. The van der Waals surface area contributed by atoms with Gasteiger partial charge in [0.05, 0.1) is 0 Å². The number of rotatable bonds is 3. The molecule has 0 saturated carbocycles. The Balaban J connectivity index is 2.61. The molecule has 0 aromatic heterocycles. The van der Waals surface area contributed by atoms with E-state index in [0.717, 1.165) is 10.8 Å². The minimum absolute atomic E-state index is 0.0177. The minimum atomic E-state index is -0.337. The Kier molecular flexibility index (Phi) is 3.08. The Morgan fingerprint density at radius 2 is 1.88 bits per heavy atom. The highest BCUT2D eigenvalue weighted by Gasteiger charge is 2.13. The molecule has 0 saturated heterocycles. The molecule has 0 amide bonds. The summed E-state index contributed by atoms with van der Waals surface area (Å²) in [6.07, 6.45) is 0.446. The van der Waals surface area contributed by atoms with Crippen LogP contribution in [-0.2, 0) is 0 Å². The predicted octanol–water partition coefficient (Wildman–Crippen LogP) is 1.93. The van der Waals surface area contributed by atoms with Crippen LogP contribution in [0.4, 0.5) is 0 Å². The van der Waals surface area contributed by atoms with Crippen molar-refractivity contribution in [3.63, 3.8) is 0 Å². The summed E-state index contributed by atoms with van der Waals surface area (Å²) in [5.74, 6) is 0.194. The molecule has 0 radical (unpaired) electrons. The molecule has 0 spiro atoms. The number of aliphatic hydroxyl groups is 1. The number of aromatic hydroxyl groups is 1. The summed E-state index contributed by atoms with van der Waals surface area (Å²) in [6, 6.07) is 10.9. The van der Waals surface area contributed by atoms with Gasteiger partial charge in [0.15, 0.2) is 0 Å². The van der Waals surface area contributed by atoms with Crippen molar-refractivity contribution in [1.82, 2.24) is 0 Å². The highest BCUT2D eigenvalue weighted by atomic mass is 16.3. The number of fused-ring (bicyclic) bond motifs is 1. The smallest absolute Gasteiger partial charge is 0.120 e. The van der Waals surface area contributed by atoms with Gasteiger partial charge in [-0.25, -0.2) is 0 Å². The molecule has 0 aliphatic rings. The van der Waals surface area contributed by atoms with Crippen LogP contribution >= 0.6 is 0 Å². The van der Waals surface area contributed by atoms with Crippen molar-refractivity contribution in [2.45, 2.75) is 12.5 Å². The van der Waals surface area contributed by atoms with Crippen molar-refractivity contribution in [3.8, 4) is 5.75 Å². The Bertz CT molecular complexity index is 496. The highest BCUT2D eigenvalue weighted by Crippen LogP contribution is 2.32. The normalized spacial score (nSPS) is 12.9. The van der Waals surface area contributed by atoms with Crippen LogP contribution in [0.3, 0.4) is 0 Å². The van der Waals surface area contributed by atoms with Gasteiger partial charge in [-0.2, -0.15) is 0 Å². The maximum absolute atomic E-state index is 9.84. The van der Waals surface area contributed by atoms with Crippen LogP contribution in [0.1, 0.15) is 18.0 Å². The van der Waals surface area contributed by atoms with Crippen LogP contribution in [0.15, 0.2) is 36.4 Å². The molecule has 84 valence electrons. The van der Waals surface area contributed by atoms with E-state index >= 15 is 0 Å². The standard InChI is InChI=1S/C13H15NO2/c14-11(7-8-15)13-10-4-2-1-3-9(10)5-6-12(13)16/h1-6,11,15-16H,7-8,14H2/t11-/m1/s1. The van der Waals surface area contributed by atoms with E-state index < -0.39 is 0 Å². The van der Waals surface area contributed by atoms with E-state index in [1.165, 1.54) is 0 Å². The van der Waals surface area contributed by atoms with Gasteiger partial charge in [0.2, 0.25) is 0 Å². The average molecular weight is 217 g/mol. The summed E-state index contributed by atoms with van der Waals surface area (Å²) in [7, 11) is 0. The first-order valence-electron chi connectivity index (χ1n) is 5.31. The third-order valence-electron chi connectivity index (χ3n) is 2.76. The van der Waals surface area contributed by atoms with E-state index in [0.29, 0.717) is 12.0 Å². The summed E-state index contributed by atoms with van der Waals surface area (Å²) in [4.78, 5) is 0. The molecular formula is C13H15NO2. The van der Waals surface area contributed by atoms with Crippen LogP contribution in [0, 0.1) is 0 Å². The molecule has 16 heavy (non-hydrogen) atoms. The van der Waals surface area contributed by atoms with E-state index in [1.54, 1.807) is 6.07 Å². The highest BCUT2D eigenvalue weighted by molar-refractivity contribution is 5.88. The Morgan fingerprint density at radius 3 is 2.62 bits per heavy atom. The van der Waals surface area contributed by atoms with Gasteiger partial charge in [0, 0.05) is 18.2 Å². The summed E-state index contributed by atoms with van der Waals surface area (Å²) >= 11 is 0. The van der Waals surface area contributed by atoms with E-state index in [9.17, 15) is 5.11 Å². The number of phenols is 1. The Labute approximate surface area is 94.1 Å². The van der Waals surface area contributed by atoms with Crippen LogP contribution < -0.4 is 5.73 Å². The summed E-state index contributed by atoms with van der Waals surface area (Å²) in [5.41, 5.74) is 6.67. The van der Waals surface area contributed by atoms with Crippen molar-refractivity contribution in [3.05, 3.63) is 42.0 Å². The van der Waals surface area contributed by atoms with Crippen molar-refractivity contribution in [2.24, 2.45) is 5.73 Å². The van der Waals surface area contributed by atoms with Gasteiger partial charge < -0.3 is 15.9 Å². The van der Waals surface area contributed by atoms with Crippen molar-refractivity contribution in [2.75, 3.05) is 6.61 Å². The van der Waals surface area contributed by atoms with E-state index in [-0.39, 0.29) is 18.4 Å². The maximum Gasteiger partial charge on any atom is 0.120 e. The van der Waals surface area contributed by atoms with E-state index in [4.69, 9.17) is 10.8 Å².